The molecule has 0 spiro atoms. The Morgan fingerprint density at radius 3 is 2.54 bits per heavy atom. The van der Waals surface area contributed by atoms with Crippen LogP contribution < -0.4 is 4.74 Å². The van der Waals surface area contributed by atoms with Gasteiger partial charge in [-0.05, 0) is 48.6 Å². The second-order valence-corrected chi connectivity index (χ2v) is 8.32. The van der Waals surface area contributed by atoms with Gasteiger partial charge in [-0.15, -0.1) is 17.5 Å². The van der Waals surface area contributed by atoms with Gasteiger partial charge < -0.3 is 14.4 Å². The topological polar surface area (TPSA) is 60.2 Å². The first kappa shape index (κ1) is 23.1. The molecule has 35 heavy (non-hydrogen) atoms. The number of phenolic OH excluding ortho intramolecular Hbond substituents is 1. The Balaban J connectivity index is 0.00000253. The molecule has 0 bridgehead atoms. The van der Waals surface area contributed by atoms with E-state index in [1.165, 1.54) is 5.56 Å². The smallest absolute Gasteiger partial charge is 0.217 e. The molecule has 6 aromatic rings. The van der Waals surface area contributed by atoms with E-state index in [4.69, 9.17) is 9.72 Å². The number of aryl methyl sites for hydroxylation is 2. The van der Waals surface area contributed by atoms with Crippen LogP contribution in [-0.2, 0) is 27.5 Å². The summed E-state index contributed by atoms with van der Waals surface area (Å²) in [4.78, 5) is 9.31. The Labute approximate surface area is 217 Å². The Morgan fingerprint density at radius 1 is 0.886 bits per heavy atom. The number of nitrogens with zero attached hydrogens (tertiary/aromatic N) is 3. The number of aromatic hydroxyl groups is 1. The summed E-state index contributed by atoms with van der Waals surface area (Å²) in [5, 5.41) is 13.3. The van der Waals surface area contributed by atoms with Gasteiger partial charge in [0, 0.05) is 49.5 Å². The van der Waals surface area contributed by atoms with Crippen molar-refractivity contribution < 1.29 is 30.9 Å². The number of benzene rings is 3. The maximum atomic E-state index is 10.2. The van der Waals surface area contributed by atoms with Crippen LogP contribution in [0, 0.1) is 13.0 Å². The van der Waals surface area contributed by atoms with Gasteiger partial charge in [0.05, 0.1) is 0 Å². The SMILES string of the molecule is CCc1cccc2c3ccc(Oc4ccc5cccc(O)c5n4)[c-]c3n(-c3cccc(C)n3)c12.[Pt]. The quantitative estimate of drug-likeness (QED) is 0.214. The summed E-state index contributed by atoms with van der Waals surface area (Å²) in [7, 11) is 0. The zero-order valence-corrected chi connectivity index (χ0v) is 21.5. The minimum absolute atomic E-state index is 0. The molecule has 0 unspecified atom stereocenters. The summed E-state index contributed by atoms with van der Waals surface area (Å²) >= 11 is 0. The first-order valence-corrected chi connectivity index (χ1v) is 11.3. The molecule has 5 nitrogen and oxygen atoms in total. The van der Waals surface area contributed by atoms with Crippen LogP contribution in [0.4, 0.5) is 0 Å². The number of para-hydroxylation sites is 2. The van der Waals surface area contributed by atoms with Gasteiger partial charge in [0.15, 0.2) is 0 Å². The van der Waals surface area contributed by atoms with E-state index >= 15 is 0 Å². The Hall–Kier alpha value is -3.69. The fourth-order valence-electron chi connectivity index (χ4n) is 4.55. The van der Waals surface area contributed by atoms with Crippen molar-refractivity contribution in [3.05, 3.63) is 96.2 Å². The zero-order chi connectivity index (χ0) is 23.2. The maximum absolute atomic E-state index is 10.2. The van der Waals surface area contributed by atoms with Gasteiger partial charge in [-0.3, -0.25) is 0 Å². The summed E-state index contributed by atoms with van der Waals surface area (Å²) in [5.74, 6) is 1.92. The minimum atomic E-state index is 0. The largest absolute Gasteiger partial charge is 0.506 e. The molecule has 1 N–H and O–H groups in total. The second kappa shape index (κ2) is 9.16. The van der Waals surface area contributed by atoms with Crippen LogP contribution in [-0.4, -0.2) is 19.6 Å². The van der Waals surface area contributed by atoms with Crippen LogP contribution in [0.5, 0.6) is 17.4 Å². The van der Waals surface area contributed by atoms with Crippen molar-refractivity contribution in [2.45, 2.75) is 20.3 Å². The van der Waals surface area contributed by atoms with Crippen LogP contribution in [0.2, 0.25) is 0 Å². The van der Waals surface area contributed by atoms with Gasteiger partial charge in [-0.2, -0.15) is 6.07 Å². The molecule has 0 atom stereocenters. The van der Waals surface area contributed by atoms with E-state index in [-0.39, 0.29) is 26.8 Å². The zero-order valence-electron chi connectivity index (χ0n) is 19.2. The number of phenols is 1. The normalized spacial score (nSPS) is 11.1. The summed E-state index contributed by atoms with van der Waals surface area (Å²) in [6, 6.07) is 28.9. The molecule has 176 valence electrons. The predicted octanol–water partition coefficient (Wildman–Crippen LogP) is 6.89. The number of hydrogen-bond acceptors (Lipinski definition) is 4. The third kappa shape index (κ3) is 3.96. The molecule has 0 aliphatic heterocycles. The van der Waals surface area contributed by atoms with Crippen molar-refractivity contribution in [1.82, 2.24) is 14.5 Å². The molecule has 0 radical (unpaired) electrons. The van der Waals surface area contributed by atoms with E-state index in [1.54, 1.807) is 18.2 Å². The van der Waals surface area contributed by atoms with Crippen LogP contribution in [0.15, 0.2) is 78.9 Å². The number of fused-ring (bicyclic) bond motifs is 4. The molecule has 0 saturated carbocycles. The van der Waals surface area contributed by atoms with Crippen molar-refractivity contribution >= 4 is 32.7 Å². The number of ether oxygens (including phenoxy) is 1. The molecule has 6 heteroatoms. The Morgan fingerprint density at radius 2 is 1.71 bits per heavy atom. The van der Waals surface area contributed by atoms with E-state index in [0.717, 1.165) is 45.1 Å². The molecule has 0 amide bonds. The van der Waals surface area contributed by atoms with Gasteiger partial charge in [0.2, 0.25) is 5.88 Å². The van der Waals surface area contributed by atoms with E-state index in [0.29, 0.717) is 17.1 Å². The number of hydrogen-bond donors (Lipinski definition) is 1. The number of aromatic nitrogens is 3. The van der Waals surface area contributed by atoms with Crippen LogP contribution in [0.3, 0.4) is 0 Å². The standard InChI is InChI=1S/C29H22N3O2.Pt/c1-3-19-8-5-10-23-22-15-14-21(34-27-16-13-20-9-6-11-25(33)28(20)31-27)17-24(22)32(29(19)23)26-12-4-7-18(2)30-26;/h4-16,33H,3H2,1-2H3;/q-1;. The van der Waals surface area contributed by atoms with Gasteiger partial charge in [0.1, 0.15) is 17.1 Å². The third-order valence-corrected chi connectivity index (χ3v) is 6.13. The number of pyridine rings is 2. The van der Waals surface area contributed by atoms with E-state index in [9.17, 15) is 5.11 Å². The van der Waals surface area contributed by atoms with Gasteiger partial charge in [0.25, 0.3) is 0 Å². The predicted molar refractivity (Wildman–Crippen MR) is 135 cm³/mol. The monoisotopic (exact) mass is 639 g/mol. The first-order valence-electron chi connectivity index (χ1n) is 11.3. The fourth-order valence-corrected chi connectivity index (χ4v) is 4.55. The third-order valence-electron chi connectivity index (χ3n) is 6.13. The van der Waals surface area contributed by atoms with Gasteiger partial charge >= 0.3 is 0 Å². The average molecular weight is 640 g/mol. The molecule has 0 aliphatic carbocycles. The molecule has 0 saturated heterocycles. The maximum Gasteiger partial charge on any atom is 0.217 e. The van der Waals surface area contributed by atoms with Crippen molar-refractivity contribution in [2.24, 2.45) is 0 Å². The molecular weight excluding hydrogens is 617 g/mol. The second-order valence-electron chi connectivity index (χ2n) is 8.32. The first-order chi connectivity index (χ1) is 16.6. The summed E-state index contributed by atoms with van der Waals surface area (Å²) in [5.41, 5.74) is 4.75. The van der Waals surface area contributed by atoms with Crippen molar-refractivity contribution in [2.75, 3.05) is 0 Å². The van der Waals surface area contributed by atoms with Gasteiger partial charge in [-0.1, -0.05) is 48.8 Å². The van der Waals surface area contributed by atoms with Crippen molar-refractivity contribution in [1.29, 1.82) is 0 Å². The molecule has 3 aromatic heterocycles. The molecule has 6 rings (SSSR count). The minimum Gasteiger partial charge on any atom is -0.506 e. The van der Waals surface area contributed by atoms with E-state index < -0.39 is 0 Å². The molecule has 3 aromatic carbocycles. The fraction of sp³-hybridized carbons (Fsp3) is 0.103. The number of rotatable bonds is 4. The Kier molecular flexibility index (Phi) is 6.04. The van der Waals surface area contributed by atoms with Crippen LogP contribution in [0.25, 0.3) is 38.5 Å². The summed E-state index contributed by atoms with van der Waals surface area (Å²) < 4.78 is 8.27. The molecule has 3 heterocycles. The summed E-state index contributed by atoms with van der Waals surface area (Å²) in [6.45, 7) is 4.16. The van der Waals surface area contributed by atoms with Crippen LogP contribution in [0.1, 0.15) is 18.2 Å². The van der Waals surface area contributed by atoms with E-state index in [2.05, 4.69) is 46.8 Å². The van der Waals surface area contributed by atoms with Crippen LogP contribution >= 0.6 is 0 Å². The van der Waals surface area contributed by atoms with E-state index in [1.807, 2.05) is 43.3 Å². The Bertz CT molecular complexity index is 1710. The molecule has 0 aliphatic rings. The summed E-state index contributed by atoms with van der Waals surface area (Å²) in [6.07, 6.45) is 0.910. The van der Waals surface area contributed by atoms with Gasteiger partial charge in [-0.25, -0.2) is 9.97 Å². The average Bonchev–Trinajstić information content (AvgIpc) is 3.18. The van der Waals surface area contributed by atoms with Crippen molar-refractivity contribution in [3.8, 4) is 23.2 Å². The molecular formula is C29H22N3O2Pt-. The molecule has 0 fully saturated rings. The van der Waals surface area contributed by atoms with Crippen molar-refractivity contribution in [3.63, 3.8) is 0 Å².